The molecule has 2 aliphatic heterocycles. The van der Waals surface area contributed by atoms with Gasteiger partial charge in [0.1, 0.15) is 11.6 Å². The predicted octanol–water partition coefficient (Wildman–Crippen LogP) is 3.60. The van der Waals surface area contributed by atoms with Crippen molar-refractivity contribution in [3.63, 3.8) is 0 Å². The summed E-state index contributed by atoms with van der Waals surface area (Å²) in [7, 11) is 1.49. The van der Waals surface area contributed by atoms with Crippen LogP contribution in [0.25, 0.3) is 0 Å². The van der Waals surface area contributed by atoms with E-state index in [0.717, 1.165) is 25.9 Å². The van der Waals surface area contributed by atoms with Gasteiger partial charge in [-0.05, 0) is 48.1 Å². The molecule has 132 valence electrons. The van der Waals surface area contributed by atoms with Crippen LogP contribution in [0.2, 0.25) is 0 Å². The van der Waals surface area contributed by atoms with Gasteiger partial charge < -0.3 is 14.4 Å². The standard InChI is InChI=1S/C19H20FNO3S/c1-23-16-3-2-13(20)12-14(16)18(22)21-8-6-19(7-9-21)15-5-11-25-17(15)4-10-24-19/h2-3,5,11-12H,4,6-10H2,1H3. The van der Waals surface area contributed by atoms with Crippen LogP contribution in [0.15, 0.2) is 29.6 Å². The number of carbonyl (C=O) groups excluding carboxylic acids is 1. The summed E-state index contributed by atoms with van der Waals surface area (Å²) in [5, 5.41) is 2.12. The summed E-state index contributed by atoms with van der Waals surface area (Å²) in [6.07, 6.45) is 2.50. The molecule has 0 saturated carbocycles. The monoisotopic (exact) mass is 361 g/mol. The molecule has 25 heavy (non-hydrogen) atoms. The Hall–Kier alpha value is -1.92. The number of piperidine rings is 1. The smallest absolute Gasteiger partial charge is 0.257 e. The minimum Gasteiger partial charge on any atom is -0.496 e. The summed E-state index contributed by atoms with van der Waals surface area (Å²) in [5.41, 5.74) is 1.30. The van der Waals surface area contributed by atoms with E-state index in [1.165, 1.54) is 35.7 Å². The van der Waals surface area contributed by atoms with Crippen molar-refractivity contribution >= 4 is 17.2 Å². The molecule has 1 aromatic heterocycles. The molecule has 1 saturated heterocycles. The van der Waals surface area contributed by atoms with E-state index in [2.05, 4.69) is 11.4 Å². The van der Waals surface area contributed by atoms with Crippen molar-refractivity contribution in [3.05, 3.63) is 51.5 Å². The number of benzene rings is 1. The maximum Gasteiger partial charge on any atom is 0.257 e. The van der Waals surface area contributed by atoms with Gasteiger partial charge in [0.15, 0.2) is 0 Å². The van der Waals surface area contributed by atoms with Crippen LogP contribution < -0.4 is 4.74 Å². The molecule has 1 amide bonds. The van der Waals surface area contributed by atoms with Crippen LogP contribution in [-0.2, 0) is 16.8 Å². The maximum atomic E-state index is 13.6. The molecule has 0 N–H and O–H groups in total. The highest BCUT2D eigenvalue weighted by Crippen LogP contribution is 2.43. The molecule has 1 aromatic carbocycles. The molecular formula is C19H20FNO3S. The summed E-state index contributed by atoms with van der Waals surface area (Å²) in [6.45, 7) is 1.92. The highest BCUT2D eigenvalue weighted by Gasteiger charge is 2.42. The fourth-order valence-electron chi connectivity index (χ4n) is 3.86. The van der Waals surface area contributed by atoms with E-state index >= 15 is 0 Å². The number of amides is 1. The van der Waals surface area contributed by atoms with E-state index < -0.39 is 5.82 Å². The third-order valence-corrected chi connectivity index (χ3v) is 6.17. The van der Waals surface area contributed by atoms with Gasteiger partial charge in [0.2, 0.25) is 0 Å². The summed E-state index contributed by atoms with van der Waals surface area (Å²) in [5.74, 6) is -0.218. The molecule has 4 rings (SSSR count). The summed E-state index contributed by atoms with van der Waals surface area (Å²) >= 11 is 1.78. The van der Waals surface area contributed by atoms with E-state index in [1.807, 2.05) is 0 Å². The normalized spacial score (nSPS) is 18.9. The molecular weight excluding hydrogens is 341 g/mol. The average molecular weight is 361 g/mol. The first-order valence-electron chi connectivity index (χ1n) is 8.46. The lowest BCUT2D eigenvalue weighted by Crippen LogP contribution is -2.48. The maximum absolute atomic E-state index is 13.6. The van der Waals surface area contributed by atoms with Crippen molar-refractivity contribution in [1.82, 2.24) is 4.90 Å². The fraction of sp³-hybridized carbons (Fsp3) is 0.421. The first-order valence-corrected chi connectivity index (χ1v) is 9.34. The van der Waals surface area contributed by atoms with E-state index in [0.29, 0.717) is 18.8 Å². The molecule has 2 aromatic rings. The van der Waals surface area contributed by atoms with Crippen molar-refractivity contribution in [2.24, 2.45) is 0 Å². The molecule has 2 aliphatic rings. The lowest BCUT2D eigenvalue weighted by molar-refractivity contribution is -0.0926. The van der Waals surface area contributed by atoms with Crippen molar-refractivity contribution < 1.29 is 18.7 Å². The van der Waals surface area contributed by atoms with E-state index in [-0.39, 0.29) is 17.1 Å². The number of methoxy groups -OCH3 is 1. The van der Waals surface area contributed by atoms with Gasteiger partial charge in [-0.1, -0.05) is 0 Å². The van der Waals surface area contributed by atoms with Gasteiger partial charge in [0.25, 0.3) is 5.91 Å². The Balaban J connectivity index is 1.54. The number of nitrogens with zero attached hydrogens (tertiary/aromatic N) is 1. The quantitative estimate of drug-likeness (QED) is 0.820. The number of likely N-dealkylation sites (tertiary alicyclic amines) is 1. The Bertz CT molecular complexity index is 796. The summed E-state index contributed by atoms with van der Waals surface area (Å²) in [6, 6.07) is 6.20. The minimum atomic E-state index is -0.434. The van der Waals surface area contributed by atoms with Gasteiger partial charge in [-0.3, -0.25) is 4.79 Å². The van der Waals surface area contributed by atoms with Crippen LogP contribution in [0, 0.1) is 5.82 Å². The van der Waals surface area contributed by atoms with Gasteiger partial charge in [0, 0.05) is 24.4 Å². The number of halogens is 1. The molecule has 0 aliphatic carbocycles. The topological polar surface area (TPSA) is 38.8 Å². The van der Waals surface area contributed by atoms with Gasteiger partial charge in [-0.2, -0.15) is 0 Å². The molecule has 0 bridgehead atoms. The minimum absolute atomic E-state index is 0.187. The molecule has 4 nitrogen and oxygen atoms in total. The van der Waals surface area contributed by atoms with Crippen molar-refractivity contribution in [2.75, 3.05) is 26.8 Å². The van der Waals surface area contributed by atoms with Crippen LogP contribution in [0.1, 0.15) is 33.6 Å². The van der Waals surface area contributed by atoms with Gasteiger partial charge in [0.05, 0.1) is 24.9 Å². The molecule has 0 atom stereocenters. The second-order valence-electron chi connectivity index (χ2n) is 6.49. The van der Waals surface area contributed by atoms with Crippen molar-refractivity contribution in [2.45, 2.75) is 24.9 Å². The summed E-state index contributed by atoms with van der Waals surface area (Å²) < 4.78 is 25.0. The van der Waals surface area contributed by atoms with Crippen LogP contribution >= 0.6 is 11.3 Å². The first kappa shape index (κ1) is 16.5. The Morgan fingerprint density at radius 3 is 2.88 bits per heavy atom. The highest BCUT2D eigenvalue weighted by atomic mass is 32.1. The zero-order chi connectivity index (χ0) is 17.4. The zero-order valence-corrected chi connectivity index (χ0v) is 14.9. The van der Waals surface area contributed by atoms with Gasteiger partial charge >= 0.3 is 0 Å². The third kappa shape index (κ3) is 2.83. The van der Waals surface area contributed by atoms with Crippen LogP contribution in [0.4, 0.5) is 4.39 Å². The molecule has 0 radical (unpaired) electrons. The first-order chi connectivity index (χ1) is 12.1. The van der Waals surface area contributed by atoms with Crippen LogP contribution in [0.3, 0.4) is 0 Å². The largest absolute Gasteiger partial charge is 0.496 e. The van der Waals surface area contributed by atoms with E-state index in [9.17, 15) is 9.18 Å². The number of hydrogen-bond acceptors (Lipinski definition) is 4. The Morgan fingerprint density at radius 1 is 1.32 bits per heavy atom. The Kier molecular flexibility index (Phi) is 4.25. The van der Waals surface area contributed by atoms with Crippen molar-refractivity contribution in [1.29, 1.82) is 0 Å². The third-order valence-electron chi connectivity index (χ3n) is 5.19. The molecule has 3 heterocycles. The number of fused-ring (bicyclic) bond motifs is 2. The zero-order valence-electron chi connectivity index (χ0n) is 14.1. The number of rotatable bonds is 2. The lowest BCUT2D eigenvalue weighted by Gasteiger charge is -2.44. The molecule has 6 heteroatoms. The van der Waals surface area contributed by atoms with Crippen LogP contribution in [0.5, 0.6) is 5.75 Å². The van der Waals surface area contributed by atoms with E-state index in [1.54, 1.807) is 16.2 Å². The Morgan fingerprint density at radius 2 is 2.12 bits per heavy atom. The predicted molar refractivity (Wildman–Crippen MR) is 93.7 cm³/mol. The molecule has 1 fully saturated rings. The van der Waals surface area contributed by atoms with Crippen LogP contribution in [-0.4, -0.2) is 37.6 Å². The van der Waals surface area contributed by atoms with Gasteiger partial charge in [-0.25, -0.2) is 4.39 Å². The SMILES string of the molecule is COc1ccc(F)cc1C(=O)N1CCC2(CC1)OCCc1sccc12. The second kappa shape index (κ2) is 6.42. The Labute approximate surface area is 150 Å². The van der Waals surface area contributed by atoms with Gasteiger partial charge in [-0.15, -0.1) is 11.3 Å². The van der Waals surface area contributed by atoms with E-state index in [4.69, 9.17) is 9.47 Å². The van der Waals surface area contributed by atoms with Crippen molar-refractivity contribution in [3.8, 4) is 5.75 Å². The number of carbonyl (C=O) groups is 1. The highest BCUT2D eigenvalue weighted by molar-refractivity contribution is 7.10. The molecule has 1 spiro atoms. The molecule has 0 unspecified atom stereocenters. The number of thiophene rings is 1. The average Bonchev–Trinajstić information content (AvgIpc) is 3.12. The number of hydrogen-bond donors (Lipinski definition) is 0. The second-order valence-corrected chi connectivity index (χ2v) is 7.49. The lowest BCUT2D eigenvalue weighted by atomic mass is 9.82. The summed E-state index contributed by atoms with van der Waals surface area (Å²) in [4.78, 5) is 16.0. The number of ether oxygens (including phenoxy) is 2. The fourth-order valence-corrected chi connectivity index (χ4v) is 4.81.